The summed E-state index contributed by atoms with van der Waals surface area (Å²) < 4.78 is 0. The van der Waals surface area contributed by atoms with Crippen LogP contribution in [0.25, 0.3) is 0 Å². The molecule has 0 amide bonds. The minimum absolute atomic E-state index is 0. The third-order valence-corrected chi connectivity index (χ3v) is 4.19. The van der Waals surface area contributed by atoms with Crippen LogP contribution in [0, 0.1) is 11.8 Å². The van der Waals surface area contributed by atoms with Crippen LogP contribution in [-0.4, -0.2) is 38.1 Å². The minimum atomic E-state index is 0. The Morgan fingerprint density at radius 1 is 1.00 bits per heavy atom. The Balaban J connectivity index is 0.00000128. The fraction of sp³-hybridized carbons (Fsp3) is 1.00. The molecule has 1 aliphatic heterocycles. The second-order valence-electron chi connectivity index (χ2n) is 5.45. The predicted octanol–water partition coefficient (Wildman–Crippen LogP) is 2.53. The maximum absolute atomic E-state index is 3.31. The van der Waals surface area contributed by atoms with Crippen LogP contribution in [-0.2, 0) is 0 Å². The average molecular weight is 247 g/mol. The third-order valence-electron chi connectivity index (χ3n) is 4.19. The van der Waals surface area contributed by atoms with Crippen molar-refractivity contribution < 1.29 is 0 Å². The van der Waals surface area contributed by atoms with Gasteiger partial charge in [-0.05, 0) is 64.2 Å². The van der Waals surface area contributed by atoms with Crippen LogP contribution in [0.3, 0.4) is 0 Å². The average Bonchev–Trinajstić information content (AvgIpc) is 2.74. The van der Waals surface area contributed by atoms with Crippen LogP contribution >= 0.6 is 12.4 Å². The Labute approximate surface area is 107 Å². The van der Waals surface area contributed by atoms with E-state index >= 15 is 0 Å². The van der Waals surface area contributed by atoms with Crippen molar-refractivity contribution in [2.24, 2.45) is 11.8 Å². The summed E-state index contributed by atoms with van der Waals surface area (Å²) in [6.07, 6.45) is 8.79. The lowest BCUT2D eigenvalue weighted by Crippen LogP contribution is -2.38. The summed E-state index contributed by atoms with van der Waals surface area (Å²) in [4.78, 5) is 2.71. The largest absolute Gasteiger partial charge is 0.319 e. The van der Waals surface area contributed by atoms with E-state index in [1.807, 2.05) is 0 Å². The third kappa shape index (κ3) is 4.23. The summed E-state index contributed by atoms with van der Waals surface area (Å²) >= 11 is 0. The highest BCUT2D eigenvalue weighted by Gasteiger charge is 2.22. The maximum Gasteiger partial charge on any atom is 0.000966 e. The van der Waals surface area contributed by atoms with Crippen molar-refractivity contribution in [3.05, 3.63) is 0 Å². The van der Waals surface area contributed by atoms with Gasteiger partial charge in [0.25, 0.3) is 0 Å². The lowest BCUT2D eigenvalue weighted by atomic mass is 9.95. The molecular formula is C13H27ClN2. The molecule has 0 radical (unpaired) electrons. The molecule has 2 nitrogen and oxygen atoms in total. The molecule has 0 unspecified atom stereocenters. The number of halogens is 1. The Bertz CT molecular complexity index is 173. The van der Waals surface area contributed by atoms with Gasteiger partial charge in [0.2, 0.25) is 0 Å². The standard InChI is InChI=1S/C13H26N2.ClH/c1-14-10-12-6-8-15(9-7-12)11-13-4-2-3-5-13;/h12-14H,2-11H2,1H3;1H. The molecule has 1 saturated carbocycles. The van der Waals surface area contributed by atoms with Gasteiger partial charge in [-0.1, -0.05) is 12.8 Å². The number of rotatable bonds is 4. The topological polar surface area (TPSA) is 15.3 Å². The highest BCUT2D eigenvalue weighted by atomic mass is 35.5. The second kappa shape index (κ2) is 7.52. The van der Waals surface area contributed by atoms with E-state index in [1.54, 1.807) is 0 Å². The molecule has 0 bridgehead atoms. The van der Waals surface area contributed by atoms with E-state index in [4.69, 9.17) is 0 Å². The molecule has 0 aromatic heterocycles. The summed E-state index contributed by atoms with van der Waals surface area (Å²) in [7, 11) is 2.07. The van der Waals surface area contributed by atoms with Crippen LogP contribution in [0.1, 0.15) is 38.5 Å². The zero-order valence-corrected chi connectivity index (χ0v) is 11.4. The minimum Gasteiger partial charge on any atom is -0.319 e. The molecule has 0 spiro atoms. The molecule has 96 valence electrons. The van der Waals surface area contributed by atoms with Crippen molar-refractivity contribution in [1.82, 2.24) is 10.2 Å². The molecule has 0 aromatic carbocycles. The molecule has 0 aromatic rings. The van der Waals surface area contributed by atoms with Crippen molar-refractivity contribution >= 4 is 12.4 Å². The highest BCUT2D eigenvalue weighted by molar-refractivity contribution is 5.85. The molecule has 1 heterocycles. The molecule has 1 N–H and O–H groups in total. The number of hydrogen-bond donors (Lipinski definition) is 1. The zero-order valence-electron chi connectivity index (χ0n) is 10.6. The van der Waals surface area contributed by atoms with Crippen molar-refractivity contribution in [2.45, 2.75) is 38.5 Å². The first kappa shape index (κ1) is 14.3. The number of piperidine rings is 1. The fourth-order valence-electron chi connectivity index (χ4n) is 3.22. The van der Waals surface area contributed by atoms with E-state index < -0.39 is 0 Å². The summed E-state index contributed by atoms with van der Waals surface area (Å²) in [5, 5.41) is 3.31. The van der Waals surface area contributed by atoms with E-state index in [0.717, 1.165) is 11.8 Å². The highest BCUT2D eigenvalue weighted by Crippen LogP contribution is 2.27. The summed E-state index contributed by atoms with van der Waals surface area (Å²) in [6, 6.07) is 0. The molecule has 16 heavy (non-hydrogen) atoms. The molecule has 2 fully saturated rings. The normalized spacial score (nSPS) is 24.6. The van der Waals surface area contributed by atoms with Gasteiger partial charge in [0, 0.05) is 6.54 Å². The Morgan fingerprint density at radius 3 is 2.19 bits per heavy atom. The molecule has 2 aliphatic rings. The monoisotopic (exact) mass is 246 g/mol. The van der Waals surface area contributed by atoms with E-state index in [2.05, 4.69) is 17.3 Å². The Kier molecular flexibility index (Phi) is 6.71. The van der Waals surface area contributed by atoms with Crippen molar-refractivity contribution in [2.75, 3.05) is 33.2 Å². The number of nitrogens with zero attached hydrogens (tertiary/aromatic N) is 1. The summed E-state index contributed by atoms with van der Waals surface area (Å²) in [5.74, 6) is 1.97. The van der Waals surface area contributed by atoms with Gasteiger partial charge in [-0.2, -0.15) is 0 Å². The number of nitrogens with one attached hydrogen (secondary N) is 1. The second-order valence-corrected chi connectivity index (χ2v) is 5.45. The van der Waals surface area contributed by atoms with Crippen LogP contribution in [0.15, 0.2) is 0 Å². The maximum atomic E-state index is 3.31. The van der Waals surface area contributed by atoms with Gasteiger partial charge in [-0.15, -0.1) is 12.4 Å². The number of likely N-dealkylation sites (tertiary alicyclic amines) is 1. The van der Waals surface area contributed by atoms with Gasteiger partial charge in [-0.3, -0.25) is 0 Å². The van der Waals surface area contributed by atoms with E-state index in [9.17, 15) is 0 Å². The van der Waals surface area contributed by atoms with Crippen molar-refractivity contribution in [3.8, 4) is 0 Å². The van der Waals surface area contributed by atoms with Gasteiger partial charge in [0.05, 0.1) is 0 Å². The summed E-state index contributed by atoms with van der Waals surface area (Å²) in [5.41, 5.74) is 0. The SMILES string of the molecule is CNCC1CCN(CC2CCCC2)CC1.Cl. The van der Waals surface area contributed by atoms with Gasteiger partial charge in [-0.25, -0.2) is 0 Å². The van der Waals surface area contributed by atoms with Gasteiger partial charge < -0.3 is 10.2 Å². The van der Waals surface area contributed by atoms with E-state index in [-0.39, 0.29) is 12.4 Å². The van der Waals surface area contributed by atoms with Gasteiger partial charge in [0.1, 0.15) is 0 Å². The first-order chi connectivity index (χ1) is 7.38. The van der Waals surface area contributed by atoms with Crippen LogP contribution in [0.2, 0.25) is 0 Å². The molecule has 1 saturated heterocycles. The quantitative estimate of drug-likeness (QED) is 0.820. The fourth-order valence-corrected chi connectivity index (χ4v) is 3.22. The Hall–Kier alpha value is 0.210. The van der Waals surface area contributed by atoms with Crippen molar-refractivity contribution in [1.29, 1.82) is 0 Å². The van der Waals surface area contributed by atoms with Crippen LogP contribution in [0.5, 0.6) is 0 Å². The van der Waals surface area contributed by atoms with Crippen molar-refractivity contribution in [3.63, 3.8) is 0 Å². The first-order valence-corrected chi connectivity index (χ1v) is 6.75. The summed E-state index contributed by atoms with van der Waals surface area (Å²) in [6.45, 7) is 5.31. The lowest BCUT2D eigenvalue weighted by Gasteiger charge is -2.33. The Morgan fingerprint density at radius 2 is 1.62 bits per heavy atom. The smallest absolute Gasteiger partial charge is 0.000966 e. The van der Waals surface area contributed by atoms with Crippen LogP contribution < -0.4 is 5.32 Å². The molecule has 2 rings (SSSR count). The molecule has 1 aliphatic carbocycles. The van der Waals surface area contributed by atoms with Gasteiger partial charge >= 0.3 is 0 Å². The predicted molar refractivity (Wildman–Crippen MR) is 72.3 cm³/mol. The number of hydrogen-bond acceptors (Lipinski definition) is 2. The van der Waals surface area contributed by atoms with E-state index in [1.165, 1.54) is 64.7 Å². The molecule has 3 heteroatoms. The first-order valence-electron chi connectivity index (χ1n) is 6.75. The molecule has 0 atom stereocenters. The molecular weight excluding hydrogens is 220 g/mol. The lowest BCUT2D eigenvalue weighted by molar-refractivity contribution is 0.161. The van der Waals surface area contributed by atoms with E-state index in [0.29, 0.717) is 0 Å². The van der Waals surface area contributed by atoms with Gasteiger partial charge in [0.15, 0.2) is 0 Å². The van der Waals surface area contributed by atoms with Crippen LogP contribution in [0.4, 0.5) is 0 Å². The zero-order chi connectivity index (χ0) is 10.5.